The minimum absolute atomic E-state index is 0. The van der Waals surface area contributed by atoms with E-state index < -0.39 is 0 Å². The standard InChI is InChI=1S/C17H16N.C15H10N.C5H8O2.Ir/c1-13-7-3-5-9-15(13)17-16-10-6-4-8-14(16)11-12-18(17)2;1-2-7-13(8-3-1)15-14-9-5-4-6-12(14)10-11-16-15;1-4(6)3-5(2)7;/h3-12H,1-2H3;1-7,9-11H;3,6H,1-2H3;/q+1;-1;;/b;;4-3-;. The van der Waals surface area contributed by atoms with E-state index in [1.807, 2.05) is 48.7 Å². The van der Waals surface area contributed by atoms with Crippen molar-refractivity contribution in [2.45, 2.75) is 20.8 Å². The van der Waals surface area contributed by atoms with Gasteiger partial charge in [-0.15, -0.1) is 35.9 Å². The summed E-state index contributed by atoms with van der Waals surface area (Å²) in [6.45, 7) is 5.01. The van der Waals surface area contributed by atoms with Crippen molar-refractivity contribution in [3.63, 3.8) is 0 Å². The molecule has 0 saturated heterocycles. The molecule has 2 aromatic heterocycles. The maximum Gasteiger partial charge on any atom is 0.220 e. The zero-order valence-corrected chi connectivity index (χ0v) is 26.6. The van der Waals surface area contributed by atoms with Crippen molar-refractivity contribution in [3.05, 3.63) is 145 Å². The van der Waals surface area contributed by atoms with E-state index in [1.54, 1.807) is 0 Å². The van der Waals surface area contributed by atoms with Crippen molar-refractivity contribution in [1.29, 1.82) is 0 Å². The molecule has 0 fully saturated rings. The molecular weight excluding hydrogens is 697 g/mol. The van der Waals surface area contributed by atoms with Gasteiger partial charge in [0.2, 0.25) is 5.69 Å². The number of fused-ring (bicyclic) bond motifs is 2. The maximum atomic E-state index is 10.0. The van der Waals surface area contributed by atoms with Crippen LogP contribution in [0.5, 0.6) is 0 Å². The van der Waals surface area contributed by atoms with Gasteiger partial charge in [0, 0.05) is 44.0 Å². The molecule has 0 aliphatic carbocycles. The van der Waals surface area contributed by atoms with Crippen LogP contribution in [0, 0.1) is 13.0 Å². The Balaban J connectivity index is 0.000000187. The molecule has 2 heterocycles. The fourth-order valence-corrected chi connectivity index (χ4v) is 4.66. The van der Waals surface area contributed by atoms with Crippen LogP contribution in [-0.4, -0.2) is 15.9 Å². The molecule has 42 heavy (non-hydrogen) atoms. The normalized spacial score (nSPS) is 10.5. The van der Waals surface area contributed by atoms with Gasteiger partial charge in [0.25, 0.3) is 0 Å². The van der Waals surface area contributed by atoms with E-state index in [9.17, 15) is 4.79 Å². The minimum atomic E-state index is -0.125. The summed E-state index contributed by atoms with van der Waals surface area (Å²) < 4.78 is 2.20. The molecule has 0 amide bonds. The topological polar surface area (TPSA) is 54.1 Å². The average molecular weight is 731 g/mol. The number of aryl methyl sites for hydroxylation is 2. The van der Waals surface area contributed by atoms with Gasteiger partial charge in [-0.1, -0.05) is 60.7 Å². The predicted octanol–water partition coefficient (Wildman–Crippen LogP) is 8.38. The fraction of sp³-hybridized carbons (Fsp3) is 0.108. The van der Waals surface area contributed by atoms with Gasteiger partial charge in [-0.25, -0.2) is 4.57 Å². The number of aliphatic hydroxyl groups excluding tert-OH is 1. The van der Waals surface area contributed by atoms with Crippen LogP contribution in [0.3, 0.4) is 0 Å². The van der Waals surface area contributed by atoms with Crippen molar-refractivity contribution in [3.8, 4) is 22.5 Å². The first kappa shape index (κ1) is 32.1. The Morgan fingerprint density at radius 2 is 1.43 bits per heavy atom. The predicted molar refractivity (Wildman–Crippen MR) is 168 cm³/mol. The average Bonchev–Trinajstić information content (AvgIpc) is 2.98. The zero-order valence-electron chi connectivity index (χ0n) is 24.2. The van der Waals surface area contributed by atoms with E-state index in [-0.39, 0.29) is 31.6 Å². The van der Waals surface area contributed by atoms with Crippen molar-refractivity contribution < 1.29 is 34.6 Å². The molecule has 0 saturated carbocycles. The Hall–Kier alpha value is -4.44. The number of aliphatic hydroxyl groups is 1. The van der Waals surface area contributed by atoms with Gasteiger partial charge in [-0.2, -0.15) is 0 Å². The molecule has 0 spiro atoms. The van der Waals surface area contributed by atoms with Crippen LogP contribution in [-0.2, 0) is 31.9 Å². The van der Waals surface area contributed by atoms with Gasteiger partial charge in [0.05, 0.1) is 11.1 Å². The molecule has 1 N–H and O–H groups in total. The van der Waals surface area contributed by atoms with E-state index in [0.717, 1.165) is 11.3 Å². The number of hydrogen-bond acceptors (Lipinski definition) is 3. The number of hydrogen-bond donors (Lipinski definition) is 1. The second kappa shape index (κ2) is 15.5. The molecule has 0 unspecified atom stereocenters. The van der Waals surface area contributed by atoms with Gasteiger partial charge in [-0.3, -0.25) is 4.79 Å². The summed E-state index contributed by atoms with van der Waals surface area (Å²) in [6, 6.07) is 40.7. The van der Waals surface area contributed by atoms with Crippen LogP contribution in [0.15, 0.2) is 133 Å². The summed E-state index contributed by atoms with van der Waals surface area (Å²) in [4.78, 5) is 14.5. The summed E-state index contributed by atoms with van der Waals surface area (Å²) in [5, 5.41) is 13.3. The summed E-state index contributed by atoms with van der Waals surface area (Å²) in [5.41, 5.74) is 5.94. The monoisotopic (exact) mass is 731 g/mol. The second-order valence-corrected chi connectivity index (χ2v) is 9.73. The Labute approximate surface area is 261 Å². The Morgan fingerprint density at radius 1 is 0.810 bits per heavy atom. The number of rotatable bonds is 3. The number of ketones is 1. The molecule has 4 nitrogen and oxygen atoms in total. The summed E-state index contributed by atoms with van der Waals surface area (Å²) >= 11 is 0. The molecule has 0 aliphatic heterocycles. The molecule has 0 atom stereocenters. The quantitative estimate of drug-likeness (QED) is 0.0862. The number of carbonyl (C=O) groups excluding carboxylic acids is 1. The Morgan fingerprint density at radius 3 is 2.05 bits per heavy atom. The van der Waals surface area contributed by atoms with Gasteiger partial charge in [0.15, 0.2) is 12.0 Å². The smallest absolute Gasteiger partial charge is 0.220 e. The van der Waals surface area contributed by atoms with Crippen LogP contribution in [0.1, 0.15) is 19.4 Å². The third kappa shape index (κ3) is 8.29. The number of nitrogens with zero attached hydrogens (tertiary/aromatic N) is 2. The van der Waals surface area contributed by atoms with Crippen LogP contribution in [0.4, 0.5) is 0 Å². The maximum absolute atomic E-state index is 10.0. The summed E-state index contributed by atoms with van der Waals surface area (Å²) in [5.74, 6) is -0.0625. The fourth-order valence-electron chi connectivity index (χ4n) is 4.66. The first-order valence-electron chi connectivity index (χ1n) is 13.5. The van der Waals surface area contributed by atoms with E-state index in [1.165, 1.54) is 58.3 Å². The molecule has 1 radical (unpaired) electrons. The van der Waals surface area contributed by atoms with E-state index >= 15 is 0 Å². The number of carbonyl (C=O) groups is 1. The number of benzene rings is 4. The van der Waals surface area contributed by atoms with Crippen molar-refractivity contribution in [1.82, 2.24) is 4.98 Å². The molecule has 5 heteroatoms. The SMILES string of the molecule is CC(=O)/C=C(/C)O.Cc1ccccc1-c1c2ccccc2cc[n+]1C.[Ir].[c-]1ccccc1-c1nccc2ccccc12. The Kier molecular flexibility index (Phi) is 11.9. The van der Waals surface area contributed by atoms with E-state index in [4.69, 9.17) is 5.11 Å². The summed E-state index contributed by atoms with van der Waals surface area (Å²) in [6.07, 6.45) is 5.14. The molecule has 6 rings (SSSR count). The number of allylic oxidation sites excluding steroid dienone is 2. The van der Waals surface area contributed by atoms with E-state index in [0.29, 0.717) is 0 Å². The zero-order chi connectivity index (χ0) is 29.2. The van der Waals surface area contributed by atoms with Gasteiger partial charge < -0.3 is 10.1 Å². The van der Waals surface area contributed by atoms with Crippen molar-refractivity contribution >= 4 is 27.3 Å². The number of pyridine rings is 2. The van der Waals surface area contributed by atoms with Gasteiger partial charge >= 0.3 is 0 Å². The van der Waals surface area contributed by atoms with Crippen LogP contribution < -0.4 is 4.57 Å². The molecular formula is C37H34IrN2O2. The van der Waals surface area contributed by atoms with Crippen molar-refractivity contribution in [2.75, 3.05) is 0 Å². The van der Waals surface area contributed by atoms with Crippen LogP contribution >= 0.6 is 0 Å². The third-order valence-corrected chi connectivity index (χ3v) is 6.50. The van der Waals surface area contributed by atoms with Gasteiger partial charge in [-0.05, 0) is 66.4 Å². The first-order valence-corrected chi connectivity index (χ1v) is 13.5. The Bertz CT molecular complexity index is 1800. The molecule has 0 aliphatic rings. The van der Waals surface area contributed by atoms with Crippen LogP contribution in [0.25, 0.3) is 44.1 Å². The summed E-state index contributed by atoms with van der Waals surface area (Å²) in [7, 11) is 2.11. The molecule has 0 bridgehead atoms. The minimum Gasteiger partial charge on any atom is -0.512 e. The number of aromatic nitrogens is 2. The largest absolute Gasteiger partial charge is 0.512 e. The van der Waals surface area contributed by atoms with E-state index in [2.05, 4.69) is 103 Å². The van der Waals surface area contributed by atoms with Crippen molar-refractivity contribution in [2.24, 2.45) is 7.05 Å². The molecule has 6 aromatic rings. The molecule has 4 aromatic carbocycles. The third-order valence-electron chi connectivity index (χ3n) is 6.50. The first-order chi connectivity index (χ1) is 19.8. The molecule has 213 valence electrons. The second-order valence-electron chi connectivity index (χ2n) is 9.73. The van der Waals surface area contributed by atoms with Crippen LogP contribution in [0.2, 0.25) is 0 Å². The van der Waals surface area contributed by atoms with Gasteiger partial charge in [0.1, 0.15) is 7.05 Å².